The third-order valence-electron chi connectivity index (χ3n) is 2.77. The summed E-state index contributed by atoms with van der Waals surface area (Å²) in [7, 11) is -0.709. The number of hydrogen-bond donors (Lipinski definition) is 2. The Hall–Kier alpha value is -2.19. The second-order valence-corrected chi connectivity index (χ2v) is 5.68. The number of nitrogens with two attached hydrogens (primary N) is 1. The lowest BCUT2D eigenvalue weighted by Gasteiger charge is -2.10. The van der Waals surface area contributed by atoms with E-state index in [0.29, 0.717) is 23.8 Å². The fourth-order valence-corrected chi connectivity index (χ4v) is 2.22. The van der Waals surface area contributed by atoms with Crippen molar-refractivity contribution in [2.45, 2.75) is 11.6 Å². The maximum atomic E-state index is 11.1. The van der Waals surface area contributed by atoms with Gasteiger partial charge in [-0.3, -0.25) is 0 Å². The van der Waals surface area contributed by atoms with Crippen molar-refractivity contribution in [3.63, 3.8) is 0 Å². The number of anilines is 1. The third-order valence-corrected chi connectivity index (χ3v) is 3.55. The molecule has 0 bridgehead atoms. The maximum Gasteiger partial charge on any atom is 0.271 e. The minimum absolute atomic E-state index is 0.258. The van der Waals surface area contributed by atoms with Crippen LogP contribution in [-0.4, -0.2) is 22.6 Å². The van der Waals surface area contributed by atoms with Crippen molar-refractivity contribution in [3.8, 4) is 11.5 Å². The standard InChI is InChI=1S/C13H16N2O5S/c1-18-11-5-3-9(7-12(11)19-2)15-8-10-4-6-13(20-10)21(14,16)17/h3-7,15H,8H2,1-2H3,(H2,14,16,17). The predicted molar refractivity (Wildman–Crippen MR) is 77.0 cm³/mol. The average molecular weight is 312 g/mol. The monoisotopic (exact) mass is 312 g/mol. The Morgan fingerprint density at radius 1 is 1.14 bits per heavy atom. The molecule has 21 heavy (non-hydrogen) atoms. The van der Waals surface area contributed by atoms with E-state index in [1.165, 1.54) is 6.07 Å². The van der Waals surface area contributed by atoms with Gasteiger partial charge in [-0.1, -0.05) is 0 Å². The minimum atomic E-state index is -3.82. The van der Waals surface area contributed by atoms with E-state index in [1.54, 1.807) is 32.4 Å². The molecule has 0 saturated heterocycles. The first-order chi connectivity index (χ1) is 9.94. The second kappa shape index (κ2) is 6.06. The number of hydrogen-bond acceptors (Lipinski definition) is 6. The van der Waals surface area contributed by atoms with E-state index in [2.05, 4.69) is 5.32 Å². The van der Waals surface area contributed by atoms with E-state index >= 15 is 0 Å². The Morgan fingerprint density at radius 3 is 2.43 bits per heavy atom. The molecule has 8 heteroatoms. The van der Waals surface area contributed by atoms with Gasteiger partial charge in [-0.15, -0.1) is 0 Å². The normalized spacial score (nSPS) is 11.2. The van der Waals surface area contributed by atoms with Crippen LogP contribution in [0.3, 0.4) is 0 Å². The average Bonchev–Trinajstić information content (AvgIpc) is 2.93. The number of methoxy groups -OCH3 is 2. The van der Waals surface area contributed by atoms with Crippen LogP contribution in [0.15, 0.2) is 39.8 Å². The van der Waals surface area contributed by atoms with Crippen molar-refractivity contribution in [2.24, 2.45) is 5.14 Å². The van der Waals surface area contributed by atoms with Crippen molar-refractivity contribution < 1.29 is 22.3 Å². The molecule has 0 radical (unpaired) electrons. The van der Waals surface area contributed by atoms with Crippen LogP contribution in [0.2, 0.25) is 0 Å². The molecular formula is C13H16N2O5S. The largest absolute Gasteiger partial charge is 0.493 e. The van der Waals surface area contributed by atoms with Gasteiger partial charge in [0.15, 0.2) is 11.5 Å². The fraction of sp³-hybridized carbons (Fsp3) is 0.231. The number of nitrogens with one attached hydrogen (secondary N) is 1. The predicted octanol–water partition coefficient (Wildman–Crippen LogP) is 1.56. The van der Waals surface area contributed by atoms with Crippen molar-refractivity contribution in [3.05, 3.63) is 36.1 Å². The molecule has 1 heterocycles. The van der Waals surface area contributed by atoms with E-state index in [0.717, 1.165) is 5.69 Å². The molecule has 1 aromatic heterocycles. The van der Waals surface area contributed by atoms with Crippen LogP contribution in [0.4, 0.5) is 5.69 Å². The summed E-state index contributed by atoms with van der Waals surface area (Å²) in [5.74, 6) is 1.67. The molecule has 0 aliphatic heterocycles. The van der Waals surface area contributed by atoms with Crippen LogP contribution in [0.25, 0.3) is 0 Å². The van der Waals surface area contributed by atoms with Crippen molar-refractivity contribution in [1.29, 1.82) is 0 Å². The summed E-state index contributed by atoms with van der Waals surface area (Å²) in [6.45, 7) is 0.311. The zero-order chi connectivity index (χ0) is 15.5. The topological polar surface area (TPSA) is 104 Å². The highest BCUT2D eigenvalue weighted by Gasteiger charge is 2.13. The van der Waals surface area contributed by atoms with Gasteiger partial charge in [-0.2, -0.15) is 0 Å². The third kappa shape index (κ3) is 3.67. The highest BCUT2D eigenvalue weighted by atomic mass is 32.2. The molecule has 3 N–H and O–H groups in total. The van der Waals surface area contributed by atoms with E-state index in [9.17, 15) is 8.42 Å². The van der Waals surface area contributed by atoms with Crippen molar-refractivity contribution in [2.75, 3.05) is 19.5 Å². The number of sulfonamides is 1. The van der Waals surface area contributed by atoms with Crippen LogP contribution in [-0.2, 0) is 16.6 Å². The van der Waals surface area contributed by atoms with Crippen molar-refractivity contribution >= 4 is 15.7 Å². The highest BCUT2D eigenvalue weighted by Crippen LogP contribution is 2.30. The van der Waals surface area contributed by atoms with Crippen LogP contribution in [0.1, 0.15) is 5.76 Å². The van der Waals surface area contributed by atoms with Gasteiger partial charge in [0.05, 0.1) is 20.8 Å². The molecule has 114 valence electrons. The van der Waals surface area contributed by atoms with Gasteiger partial charge in [-0.05, 0) is 24.3 Å². The zero-order valence-corrected chi connectivity index (χ0v) is 12.4. The second-order valence-electron chi connectivity index (χ2n) is 4.19. The number of benzene rings is 1. The SMILES string of the molecule is COc1ccc(NCc2ccc(S(N)(=O)=O)o2)cc1OC. The zero-order valence-electron chi connectivity index (χ0n) is 11.6. The molecule has 0 fully saturated rings. The summed E-state index contributed by atoms with van der Waals surface area (Å²) in [4.78, 5) is 0. The summed E-state index contributed by atoms with van der Waals surface area (Å²) in [5.41, 5.74) is 0.779. The summed E-state index contributed by atoms with van der Waals surface area (Å²) < 4.78 is 37.7. The maximum absolute atomic E-state index is 11.1. The Balaban J connectivity index is 2.08. The summed E-state index contributed by atoms with van der Waals surface area (Å²) in [6, 6.07) is 8.21. The van der Waals surface area contributed by atoms with Gasteiger partial charge in [0, 0.05) is 11.8 Å². The number of rotatable bonds is 6. The molecule has 0 amide bonds. The van der Waals surface area contributed by atoms with Gasteiger partial charge >= 0.3 is 0 Å². The summed E-state index contributed by atoms with van der Waals surface area (Å²) in [5, 5.41) is 7.80. The Morgan fingerprint density at radius 2 is 1.86 bits per heavy atom. The van der Waals surface area contributed by atoms with Crippen LogP contribution in [0.5, 0.6) is 11.5 Å². The first-order valence-corrected chi connectivity index (χ1v) is 7.56. The molecular weight excluding hydrogens is 296 g/mol. The molecule has 0 aliphatic rings. The van der Waals surface area contributed by atoms with Gasteiger partial charge in [-0.25, -0.2) is 13.6 Å². The molecule has 2 rings (SSSR count). The van der Waals surface area contributed by atoms with E-state index < -0.39 is 10.0 Å². The summed E-state index contributed by atoms with van der Waals surface area (Å²) >= 11 is 0. The molecule has 1 aromatic carbocycles. The van der Waals surface area contributed by atoms with Gasteiger partial charge < -0.3 is 19.2 Å². The molecule has 7 nitrogen and oxygen atoms in total. The molecule has 2 aromatic rings. The minimum Gasteiger partial charge on any atom is -0.493 e. The Labute approximate surface area is 122 Å². The van der Waals surface area contributed by atoms with Crippen LogP contribution >= 0.6 is 0 Å². The van der Waals surface area contributed by atoms with Gasteiger partial charge in [0.2, 0.25) is 5.09 Å². The van der Waals surface area contributed by atoms with Crippen LogP contribution in [0, 0.1) is 0 Å². The number of furan rings is 1. The quantitative estimate of drug-likeness (QED) is 0.839. The van der Waals surface area contributed by atoms with Gasteiger partial charge in [0.25, 0.3) is 10.0 Å². The lowest BCUT2D eigenvalue weighted by Crippen LogP contribution is -2.10. The lowest BCUT2D eigenvalue weighted by molar-refractivity contribution is 0.355. The first-order valence-electron chi connectivity index (χ1n) is 6.01. The van der Waals surface area contributed by atoms with E-state index in [4.69, 9.17) is 19.0 Å². The molecule has 0 atom stereocenters. The van der Waals surface area contributed by atoms with Crippen LogP contribution < -0.4 is 19.9 Å². The number of primary sulfonamides is 1. The van der Waals surface area contributed by atoms with E-state index in [-0.39, 0.29) is 5.09 Å². The molecule has 0 unspecified atom stereocenters. The fourth-order valence-electron chi connectivity index (χ4n) is 1.74. The van der Waals surface area contributed by atoms with Crippen molar-refractivity contribution in [1.82, 2.24) is 0 Å². The molecule has 0 spiro atoms. The summed E-state index contributed by atoms with van der Waals surface area (Å²) in [6.07, 6.45) is 0. The van der Waals surface area contributed by atoms with E-state index in [1.807, 2.05) is 6.07 Å². The van der Waals surface area contributed by atoms with Gasteiger partial charge in [0.1, 0.15) is 5.76 Å². The lowest BCUT2D eigenvalue weighted by atomic mass is 10.2. The molecule has 0 aliphatic carbocycles. The number of ether oxygens (including phenoxy) is 2. The molecule has 0 saturated carbocycles. The first kappa shape index (κ1) is 15.2. The highest BCUT2D eigenvalue weighted by molar-refractivity contribution is 7.89. The Bertz CT molecular complexity index is 724. The smallest absolute Gasteiger partial charge is 0.271 e. The Kier molecular flexibility index (Phi) is 4.39.